The topological polar surface area (TPSA) is 70.5 Å². The number of hydrogen-bond acceptors (Lipinski definition) is 5. The predicted molar refractivity (Wildman–Crippen MR) is 82.7 cm³/mol. The number of rotatable bonds is 6. The van der Waals surface area contributed by atoms with Crippen LogP contribution in [0.4, 0.5) is 0 Å². The highest BCUT2D eigenvalue weighted by molar-refractivity contribution is 7.89. The third-order valence-electron chi connectivity index (χ3n) is 3.04. The van der Waals surface area contributed by atoms with Gasteiger partial charge in [0.05, 0.1) is 11.5 Å². The minimum absolute atomic E-state index is 0.0611. The summed E-state index contributed by atoms with van der Waals surface area (Å²) in [7, 11) is -3.62. The van der Waals surface area contributed by atoms with Crippen molar-refractivity contribution in [3.05, 3.63) is 45.9 Å². The Kier molecular flexibility index (Phi) is 5.10. The number of hydrogen-bond donors (Lipinski definition) is 1. The standard InChI is InChI=1S/C14H18N2O3S2/c1-11-8-14(12(2)20-11)21(18,19)16(6-7-17)10-13-4-3-5-15-9-13/h3-5,8-9,17H,6-7,10H2,1-2H3. The number of pyridine rings is 1. The van der Waals surface area contributed by atoms with Crippen LogP contribution in [-0.4, -0.2) is 36.0 Å². The number of nitrogens with zero attached hydrogens (tertiary/aromatic N) is 2. The van der Waals surface area contributed by atoms with Crippen LogP contribution in [-0.2, 0) is 16.6 Å². The molecule has 0 unspecified atom stereocenters. The monoisotopic (exact) mass is 326 g/mol. The van der Waals surface area contributed by atoms with Gasteiger partial charge in [-0.15, -0.1) is 11.3 Å². The van der Waals surface area contributed by atoms with Gasteiger partial charge < -0.3 is 5.11 Å². The lowest BCUT2D eigenvalue weighted by Crippen LogP contribution is -2.33. The second-order valence-electron chi connectivity index (χ2n) is 4.70. The summed E-state index contributed by atoms with van der Waals surface area (Å²) < 4.78 is 26.8. The average molecular weight is 326 g/mol. The fourth-order valence-corrected chi connectivity index (χ4v) is 5.04. The van der Waals surface area contributed by atoms with E-state index in [-0.39, 0.29) is 19.7 Å². The van der Waals surface area contributed by atoms with E-state index in [1.165, 1.54) is 15.6 Å². The summed E-state index contributed by atoms with van der Waals surface area (Å²) in [6.07, 6.45) is 3.27. The minimum Gasteiger partial charge on any atom is -0.395 e. The Morgan fingerprint density at radius 1 is 1.38 bits per heavy atom. The zero-order valence-corrected chi connectivity index (χ0v) is 13.6. The van der Waals surface area contributed by atoms with Gasteiger partial charge in [0.25, 0.3) is 0 Å². The summed E-state index contributed by atoms with van der Waals surface area (Å²) in [4.78, 5) is 6.03. The number of aryl methyl sites for hydroxylation is 2. The average Bonchev–Trinajstić information content (AvgIpc) is 2.79. The zero-order chi connectivity index (χ0) is 15.5. The van der Waals surface area contributed by atoms with E-state index < -0.39 is 10.0 Å². The molecule has 0 fully saturated rings. The third-order valence-corrected chi connectivity index (χ3v) is 6.11. The largest absolute Gasteiger partial charge is 0.395 e. The second-order valence-corrected chi connectivity index (χ2v) is 8.07. The Morgan fingerprint density at radius 3 is 2.67 bits per heavy atom. The molecule has 114 valence electrons. The smallest absolute Gasteiger partial charge is 0.244 e. The Bertz CT molecular complexity index is 696. The number of aliphatic hydroxyl groups excluding tert-OH is 1. The van der Waals surface area contributed by atoms with Gasteiger partial charge in [-0.2, -0.15) is 4.31 Å². The Labute approximate surface area is 128 Å². The molecule has 5 nitrogen and oxygen atoms in total. The van der Waals surface area contributed by atoms with Gasteiger partial charge in [0.1, 0.15) is 0 Å². The SMILES string of the molecule is Cc1cc(S(=O)(=O)N(CCO)Cc2cccnc2)c(C)s1. The highest BCUT2D eigenvalue weighted by atomic mass is 32.2. The van der Waals surface area contributed by atoms with Crippen LogP contribution in [0, 0.1) is 13.8 Å². The van der Waals surface area contributed by atoms with Crippen molar-refractivity contribution in [1.82, 2.24) is 9.29 Å². The maximum Gasteiger partial charge on any atom is 0.244 e. The number of sulfonamides is 1. The third kappa shape index (κ3) is 3.68. The van der Waals surface area contributed by atoms with Crippen LogP contribution < -0.4 is 0 Å². The molecule has 0 radical (unpaired) electrons. The van der Waals surface area contributed by atoms with Gasteiger partial charge in [0.2, 0.25) is 10.0 Å². The fourth-order valence-electron chi connectivity index (χ4n) is 2.09. The molecule has 7 heteroatoms. The first-order valence-corrected chi connectivity index (χ1v) is 8.77. The lowest BCUT2D eigenvalue weighted by molar-refractivity contribution is 0.251. The van der Waals surface area contributed by atoms with E-state index in [1.54, 1.807) is 31.5 Å². The minimum atomic E-state index is -3.62. The molecule has 2 aromatic rings. The van der Waals surface area contributed by atoms with Gasteiger partial charge in [-0.3, -0.25) is 4.98 Å². The predicted octanol–water partition coefficient (Wildman–Crippen LogP) is 1.94. The number of aliphatic hydroxyl groups is 1. The van der Waals surface area contributed by atoms with Crippen LogP contribution in [0.15, 0.2) is 35.5 Å². The Morgan fingerprint density at radius 2 is 2.14 bits per heavy atom. The summed E-state index contributed by atoms with van der Waals surface area (Å²) in [5, 5.41) is 9.18. The molecular weight excluding hydrogens is 308 g/mol. The lowest BCUT2D eigenvalue weighted by Gasteiger charge is -2.21. The number of aromatic nitrogens is 1. The van der Waals surface area contributed by atoms with Crippen LogP contribution in [0.5, 0.6) is 0 Å². The summed E-state index contributed by atoms with van der Waals surface area (Å²) in [6.45, 7) is 3.72. The first kappa shape index (κ1) is 16.1. The normalized spacial score (nSPS) is 12.0. The van der Waals surface area contributed by atoms with E-state index in [9.17, 15) is 13.5 Å². The van der Waals surface area contributed by atoms with Gasteiger partial charge >= 0.3 is 0 Å². The molecule has 1 N–H and O–H groups in total. The highest BCUT2D eigenvalue weighted by Crippen LogP contribution is 2.28. The van der Waals surface area contributed by atoms with Crippen LogP contribution >= 0.6 is 11.3 Å². The summed E-state index contributed by atoms with van der Waals surface area (Å²) in [5.41, 5.74) is 0.791. The first-order valence-electron chi connectivity index (χ1n) is 6.52. The molecule has 0 aliphatic heterocycles. The van der Waals surface area contributed by atoms with Gasteiger partial charge in [0, 0.05) is 35.2 Å². The van der Waals surface area contributed by atoms with Gasteiger partial charge in [-0.05, 0) is 31.5 Å². The maximum absolute atomic E-state index is 12.8. The van der Waals surface area contributed by atoms with Crippen LogP contribution in [0.3, 0.4) is 0 Å². The molecule has 0 saturated heterocycles. The molecule has 0 saturated carbocycles. The van der Waals surface area contributed by atoms with Gasteiger partial charge in [-0.25, -0.2) is 8.42 Å². The van der Waals surface area contributed by atoms with Crippen molar-refractivity contribution >= 4 is 21.4 Å². The molecular formula is C14H18N2O3S2. The van der Waals surface area contributed by atoms with Crippen molar-refractivity contribution in [1.29, 1.82) is 0 Å². The van der Waals surface area contributed by atoms with E-state index in [1.807, 2.05) is 13.0 Å². The number of thiophene rings is 1. The van der Waals surface area contributed by atoms with Crippen molar-refractivity contribution in [2.45, 2.75) is 25.3 Å². The zero-order valence-electron chi connectivity index (χ0n) is 12.0. The van der Waals surface area contributed by atoms with Gasteiger partial charge in [-0.1, -0.05) is 6.07 Å². The van der Waals surface area contributed by atoms with Crippen molar-refractivity contribution in [2.24, 2.45) is 0 Å². The van der Waals surface area contributed by atoms with Crippen molar-refractivity contribution in [3.63, 3.8) is 0 Å². The Hall–Kier alpha value is -1.28. The fraction of sp³-hybridized carbons (Fsp3) is 0.357. The van der Waals surface area contributed by atoms with E-state index >= 15 is 0 Å². The van der Waals surface area contributed by atoms with E-state index in [0.29, 0.717) is 4.90 Å². The summed E-state index contributed by atoms with van der Waals surface area (Å²) >= 11 is 1.46. The second kappa shape index (κ2) is 6.65. The van der Waals surface area contributed by atoms with Crippen molar-refractivity contribution in [3.8, 4) is 0 Å². The Balaban J connectivity index is 2.35. The molecule has 0 spiro atoms. The van der Waals surface area contributed by atoms with Gasteiger partial charge in [0.15, 0.2) is 0 Å². The maximum atomic E-state index is 12.8. The van der Waals surface area contributed by atoms with E-state index in [4.69, 9.17) is 0 Å². The molecule has 2 heterocycles. The van der Waals surface area contributed by atoms with Crippen LogP contribution in [0.1, 0.15) is 15.3 Å². The molecule has 0 aliphatic carbocycles. The molecule has 21 heavy (non-hydrogen) atoms. The van der Waals surface area contributed by atoms with Crippen molar-refractivity contribution in [2.75, 3.05) is 13.2 Å². The first-order chi connectivity index (χ1) is 9.95. The molecule has 0 aromatic carbocycles. The quantitative estimate of drug-likeness (QED) is 0.881. The molecule has 2 aromatic heterocycles. The molecule has 0 amide bonds. The summed E-state index contributed by atoms with van der Waals surface area (Å²) in [6, 6.07) is 5.26. The molecule has 0 atom stereocenters. The summed E-state index contributed by atoms with van der Waals surface area (Å²) in [5.74, 6) is 0. The van der Waals surface area contributed by atoms with Crippen LogP contribution in [0.2, 0.25) is 0 Å². The molecule has 2 rings (SSSR count). The van der Waals surface area contributed by atoms with Crippen molar-refractivity contribution < 1.29 is 13.5 Å². The van der Waals surface area contributed by atoms with Crippen LogP contribution in [0.25, 0.3) is 0 Å². The van der Waals surface area contributed by atoms with E-state index in [2.05, 4.69) is 4.98 Å². The lowest BCUT2D eigenvalue weighted by atomic mass is 10.3. The molecule has 0 aliphatic rings. The van der Waals surface area contributed by atoms with E-state index in [0.717, 1.165) is 15.3 Å². The highest BCUT2D eigenvalue weighted by Gasteiger charge is 2.27. The molecule has 0 bridgehead atoms.